The third kappa shape index (κ3) is 2.24. The second-order valence-electron chi connectivity index (χ2n) is 8.32. The molecule has 2 aromatic rings. The number of aryl methyl sites for hydroxylation is 2. The lowest BCUT2D eigenvalue weighted by Gasteiger charge is -2.30. The first kappa shape index (κ1) is 15.4. The van der Waals surface area contributed by atoms with Gasteiger partial charge in [-0.2, -0.15) is 0 Å². The average Bonchev–Trinajstić information content (AvgIpc) is 3.40. The van der Waals surface area contributed by atoms with Crippen LogP contribution in [0.3, 0.4) is 0 Å². The molecule has 2 aliphatic carbocycles. The van der Waals surface area contributed by atoms with Gasteiger partial charge in [0.25, 0.3) is 0 Å². The molecule has 0 bridgehead atoms. The van der Waals surface area contributed by atoms with Crippen LogP contribution in [0.5, 0.6) is 0 Å². The molecule has 1 unspecified atom stereocenters. The zero-order chi connectivity index (χ0) is 18.6. The molecule has 3 heteroatoms. The first-order valence-electron chi connectivity index (χ1n) is 10.3. The van der Waals surface area contributed by atoms with E-state index in [0.29, 0.717) is 12.5 Å². The first-order chi connectivity index (χ1) is 13.1. The standard InChI is InChI=1S/C23H26NOP/c1-14(2)18-13-25-22(24-18)17-7-3-5-15-9-11-23(20(15)17)12-10-16-6-4-8-19(26)21(16)23/h3-8,14,18H,9-13,26H2,1-2H3/t18-,23+/m1/s1/i26D/t18-,23+,26?. The predicted octanol–water partition coefficient (Wildman–Crippen LogP) is 4.17. The molecule has 0 saturated heterocycles. The molecule has 2 nitrogen and oxygen atoms in total. The van der Waals surface area contributed by atoms with Gasteiger partial charge in [0.2, 0.25) is 5.90 Å². The summed E-state index contributed by atoms with van der Waals surface area (Å²) in [5.41, 5.74) is 7.03. The summed E-state index contributed by atoms with van der Waals surface area (Å²) in [5.74, 6) is 1.34. The highest BCUT2D eigenvalue weighted by molar-refractivity contribution is 7.27. The fourth-order valence-electron chi connectivity index (χ4n) is 5.25. The summed E-state index contributed by atoms with van der Waals surface area (Å²) in [6.07, 6.45) is 4.52. The van der Waals surface area contributed by atoms with Gasteiger partial charge in [0.15, 0.2) is 0 Å². The number of ether oxygens (including phenoxy) is 1. The second kappa shape index (κ2) is 5.92. The van der Waals surface area contributed by atoms with Crippen LogP contribution >= 0.6 is 9.18 Å². The molecular formula is C23H26NOP. The molecule has 134 valence electrons. The Hall–Kier alpha value is -1.66. The lowest BCUT2D eigenvalue weighted by Crippen LogP contribution is -2.28. The van der Waals surface area contributed by atoms with Crippen LogP contribution in [-0.4, -0.2) is 19.8 Å². The molecule has 0 saturated carbocycles. The summed E-state index contributed by atoms with van der Waals surface area (Å²) in [7, 11) is 0.0951. The highest BCUT2D eigenvalue weighted by Crippen LogP contribution is 2.53. The van der Waals surface area contributed by atoms with E-state index in [1.54, 1.807) is 0 Å². The van der Waals surface area contributed by atoms with Crippen molar-refractivity contribution >= 4 is 20.4 Å². The lowest BCUT2D eigenvalue weighted by atomic mass is 9.74. The quantitative estimate of drug-likeness (QED) is 0.749. The van der Waals surface area contributed by atoms with Crippen molar-refractivity contribution in [3.8, 4) is 0 Å². The molecule has 0 aromatic heterocycles. The molecule has 1 heterocycles. The zero-order valence-corrected chi connectivity index (χ0v) is 16.5. The van der Waals surface area contributed by atoms with Gasteiger partial charge in [0.1, 0.15) is 6.61 Å². The van der Waals surface area contributed by atoms with E-state index in [4.69, 9.17) is 11.0 Å². The Balaban J connectivity index is 1.70. The Kier molecular flexibility index (Phi) is 3.51. The van der Waals surface area contributed by atoms with E-state index in [1.165, 1.54) is 33.1 Å². The van der Waals surface area contributed by atoms with Crippen molar-refractivity contribution in [1.29, 1.82) is 1.28 Å². The van der Waals surface area contributed by atoms with E-state index in [-0.39, 0.29) is 20.6 Å². The van der Waals surface area contributed by atoms with Gasteiger partial charge < -0.3 is 4.74 Å². The van der Waals surface area contributed by atoms with Crippen LogP contribution in [-0.2, 0) is 23.0 Å². The van der Waals surface area contributed by atoms with E-state index in [9.17, 15) is 0 Å². The molecule has 26 heavy (non-hydrogen) atoms. The van der Waals surface area contributed by atoms with Gasteiger partial charge in [-0.1, -0.05) is 44.2 Å². The lowest BCUT2D eigenvalue weighted by molar-refractivity contribution is 0.291. The van der Waals surface area contributed by atoms with Gasteiger partial charge >= 0.3 is 0 Å². The summed E-state index contributed by atoms with van der Waals surface area (Å²) in [4.78, 5) is 4.95. The highest BCUT2D eigenvalue weighted by Gasteiger charge is 2.47. The first-order valence-corrected chi connectivity index (χ1v) is 10.3. The number of hydrogen-bond acceptors (Lipinski definition) is 2. The minimum Gasteiger partial charge on any atom is -0.475 e. The maximum absolute atomic E-state index is 8.12. The maximum atomic E-state index is 8.12. The molecule has 5 rings (SSSR count). The van der Waals surface area contributed by atoms with Crippen LogP contribution in [0.1, 0.15) is 54.5 Å². The molecule has 1 aliphatic heterocycles. The van der Waals surface area contributed by atoms with Crippen LogP contribution in [0.25, 0.3) is 0 Å². The Bertz CT molecular complexity index is 934. The summed E-state index contributed by atoms with van der Waals surface area (Å²) in [5, 5.41) is 1.22. The molecule has 1 spiro atoms. The van der Waals surface area contributed by atoms with E-state index in [2.05, 4.69) is 50.2 Å². The molecule has 0 N–H and O–H groups in total. The van der Waals surface area contributed by atoms with E-state index >= 15 is 0 Å². The second-order valence-corrected chi connectivity index (χ2v) is 8.86. The highest BCUT2D eigenvalue weighted by atomic mass is 31.0. The zero-order valence-electron chi connectivity index (χ0n) is 16.5. The number of rotatable bonds is 3. The monoisotopic (exact) mass is 364 g/mol. The molecular weight excluding hydrogens is 337 g/mol. The van der Waals surface area contributed by atoms with Gasteiger partial charge in [-0.05, 0) is 65.2 Å². The number of fused-ring (bicyclic) bond motifs is 4. The summed E-state index contributed by atoms with van der Waals surface area (Å²) in [6, 6.07) is 13.5. The number of aliphatic imine (C=N–C) groups is 1. The van der Waals surface area contributed by atoms with E-state index in [1.807, 2.05) is 0 Å². The van der Waals surface area contributed by atoms with Gasteiger partial charge in [-0.3, -0.25) is 0 Å². The average molecular weight is 364 g/mol. The van der Waals surface area contributed by atoms with Crippen LogP contribution < -0.4 is 5.30 Å². The number of hydrogen-bond donors (Lipinski definition) is 0. The van der Waals surface area contributed by atoms with Crippen LogP contribution in [0.15, 0.2) is 41.4 Å². The molecule has 3 aliphatic rings. The van der Waals surface area contributed by atoms with Crippen LogP contribution in [0.4, 0.5) is 0 Å². The van der Waals surface area contributed by atoms with Crippen molar-refractivity contribution in [1.82, 2.24) is 0 Å². The van der Waals surface area contributed by atoms with Gasteiger partial charge in [0.05, 0.1) is 7.32 Å². The maximum Gasteiger partial charge on any atom is 0.216 e. The third-order valence-electron chi connectivity index (χ3n) is 6.57. The van der Waals surface area contributed by atoms with Crippen molar-refractivity contribution in [3.05, 3.63) is 64.2 Å². The Morgan fingerprint density at radius 3 is 2.54 bits per heavy atom. The molecule has 0 radical (unpaired) electrons. The fourth-order valence-corrected chi connectivity index (χ4v) is 5.75. The van der Waals surface area contributed by atoms with Gasteiger partial charge in [-0.25, -0.2) is 4.99 Å². The van der Waals surface area contributed by atoms with Crippen molar-refractivity contribution in [2.75, 3.05) is 6.61 Å². The summed E-state index contributed by atoms with van der Waals surface area (Å²) < 4.78 is 14.2. The Labute approximate surface area is 159 Å². The Morgan fingerprint density at radius 2 is 1.85 bits per heavy atom. The third-order valence-corrected chi connectivity index (χ3v) is 6.99. The fraction of sp³-hybridized carbons (Fsp3) is 0.435. The number of benzene rings is 2. The van der Waals surface area contributed by atoms with Crippen LogP contribution in [0.2, 0.25) is 0 Å². The van der Waals surface area contributed by atoms with Crippen molar-refractivity contribution in [2.45, 2.75) is 51.0 Å². The summed E-state index contributed by atoms with van der Waals surface area (Å²) in [6.45, 7) is 5.12. The largest absolute Gasteiger partial charge is 0.475 e. The van der Waals surface area contributed by atoms with Gasteiger partial charge in [0, 0.05) is 11.0 Å². The van der Waals surface area contributed by atoms with Crippen LogP contribution in [0, 0.1) is 5.92 Å². The van der Waals surface area contributed by atoms with Gasteiger partial charge in [-0.15, -0.1) is 9.18 Å². The van der Waals surface area contributed by atoms with E-state index < -0.39 is 0 Å². The minimum atomic E-state index is 0.0493. The molecule has 3 atom stereocenters. The Morgan fingerprint density at radius 1 is 1.12 bits per heavy atom. The molecule has 0 amide bonds. The smallest absolute Gasteiger partial charge is 0.216 e. The number of nitrogens with zero attached hydrogens (tertiary/aromatic N) is 1. The normalized spacial score (nSPS) is 27.1. The van der Waals surface area contributed by atoms with E-state index in [0.717, 1.165) is 31.6 Å². The SMILES string of the molecule is [2H]Pc1cccc2c1[C@]1(CC2)CCc2cccc(C3=N[C@@H](C(C)C)CO3)c21. The van der Waals surface area contributed by atoms with Crippen molar-refractivity contribution in [3.63, 3.8) is 0 Å². The van der Waals surface area contributed by atoms with Crippen molar-refractivity contribution < 1.29 is 4.74 Å². The van der Waals surface area contributed by atoms with Crippen molar-refractivity contribution in [2.24, 2.45) is 10.9 Å². The minimum absolute atomic E-state index is 0.0493. The topological polar surface area (TPSA) is 21.6 Å². The molecule has 2 aromatic carbocycles. The predicted molar refractivity (Wildman–Crippen MR) is 111 cm³/mol. The summed E-state index contributed by atoms with van der Waals surface area (Å²) >= 11 is 0. The molecule has 0 fully saturated rings.